The predicted octanol–water partition coefficient (Wildman–Crippen LogP) is 4.76. The van der Waals surface area contributed by atoms with Gasteiger partial charge < -0.3 is 4.90 Å². The van der Waals surface area contributed by atoms with E-state index in [0.29, 0.717) is 11.2 Å². The maximum Gasteiger partial charge on any atom is 0.0799 e. The Kier molecular flexibility index (Phi) is 3.65. The molecule has 1 unspecified atom stereocenters. The number of rotatable bonds is 1. The quantitative estimate of drug-likeness (QED) is 0.533. The van der Waals surface area contributed by atoms with Crippen LogP contribution in [0.1, 0.15) is 26.3 Å². The van der Waals surface area contributed by atoms with E-state index in [9.17, 15) is 0 Å². The van der Waals surface area contributed by atoms with Gasteiger partial charge in [-0.3, -0.25) is 0 Å². The molecule has 106 valence electrons. The Morgan fingerprint density at radius 1 is 1.16 bits per heavy atom. The molecule has 2 atom stereocenters. The lowest BCUT2D eigenvalue weighted by Gasteiger charge is -2.42. The van der Waals surface area contributed by atoms with E-state index in [4.69, 9.17) is 0 Å². The molecule has 2 rings (SSSR count). The largest absolute Gasteiger partial charge is 0.367 e. The average molecular weight is 293 g/mol. The molecule has 19 heavy (non-hydrogen) atoms. The molecule has 1 heterocycles. The molecule has 0 N–H and O–H groups in total. The fourth-order valence-corrected chi connectivity index (χ4v) is 13.6. The zero-order chi connectivity index (χ0) is 14.6. The highest BCUT2D eigenvalue weighted by molar-refractivity contribution is 8.00. The van der Waals surface area contributed by atoms with Crippen molar-refractivity contribution in [3.05, 3.63) is 23.8 Å². The minimum atomic E-state index is -1.19. The molecule has 0 saturated heterocycles. The number of hydrogen-bond donors (Lipinski definition) is 0. The van der Waals surface area contributed by atoms with Gasteiger partial charge in [-0.25, -0.2) is 0 Å². The van der Waals surface area contributed by atoms with Crippen LogP contribution in [0.2, 0.25) is 19.6 Å². The molecule has 0 aromatic heterocycles. The van der Waals surface area contributed by atoms with Crippen molar-refractivity contribution in [1.82, 2.24) is 0 Å². The fourth-order valence-electron chi connectivity index (χ4n) is 3.26. The summed E-state index contributed by atoms with van der Waals surface area (Å²) in [6, 6.07) is 7.06. The molecule has 1 aliphatic heterocycles. The second kappa shape index (κ2) is 4.60. The molecule has 0 bridgehead atoms. The summed E-state index contributed by atoms with van der Waals surface area (Å²) in [6.07, 6.45) is 0. The van der Waals surface area contributed by atoms with Gasteiger partial charge in [0.15, 0.2) is 0 Å². The summed E-state index contributed by atoms with van der Waals surface area (Å²) in [6.45, 7) is 17.1. The Hall–Kier alpha value is -0.333. The molecule has 0 spiro atoms. The highest BCUT2D eigenvalue weighted by Crippen LogP contribution is 2.61. The van der Waals surface area contributed by atoms with E-state index < -0.39 is 7.74 Å². The first-order chi connectivity index (χ1) is 8.53. The van der Waals surface area contributed by atoms with E-state index in [1.807, 2.05) is 0 Å². The van der Waals surface area contributed by atoms with Gasteiger partial charge in [0, 0.05) is 12.7 Å². The number of aryl methyl sites for hydroxylation is 1. The molecule has 0 aliphatic carbocycles. The van der Waals surface area contributed by atoms with Crippen molar-refractivity contribution in [2.45, 2.75) is 53.1 Å². The smallest absolute Gasteiger partial charge is 0.0799 e. The summed E-state index contributed by atoms with van der Waals surface area (Å²) in [4.78, 5) is 2.57. The molecule has 3 heteroatoms. The van der Waals surface area contributed by atoms with Crippen molar-refractivity contribution in [2.24, 2.45) is 5.41 Å². The first-order valence-electron chi connectivity index (χ1n) is 7.16. The lowest BCUT2D eigenvalue weighted by atomic mass is 9.95. The van der Waals surface area contributed by atoms with Crippen LogP contribution in [0.4, 0.5) is 5.69 Å². The highest BCUT2D eigenvalue weighted by Gasteiger charge is 2.48. The Morgan fingerprint density at radius 2 is 1.74 bits per heavy atom. The van der Waals surface area contributed by atoms with E-state index in [2.05, 4.69) is 77.5 Å². The first-order valence-corrected chi connectivity index (χ1v) is 12.9. The third kappa shape index (κ3) is 2.62. The Balaban J connectivity index is 2.62. The summed E-state index contributed by atoms with van der Waals surface area (Å²) in [7, 11) is 1.06. The normalized spacial score (nSPS) is 23.7. The van der Waals surface area contributed by atoms with Crippen LogP contribution in [0, 0.1) is 12.3 Å². The third-order valence-corrected chi connectivity index (χ3v) is 13.6. The second-order valence-corrected chi connectivity index (χ2v) is 19.4. The third-order valence-electron chi connectivity index (χ3n) is 3.88. The van der Waals surface area contributed by atoms with Crippen LogP contribution in [0.3, 0.4) is 0 Å². The van der Waals surface area contributed by atoms with Crippen LogP contribution < -0.4 is 10.2 Å². The number of benzene rings is 1. The minimum absolute atomic E-state index is 0.0442. The predicted molar refractivity (Wildman–Crippen MR) is 92.7 cm³/mol. The summed E-state index contributed by atoms with van der Waals surface area (Å²) >= 11 is 0. The molecule has 0 fully saturated rings. The molecule has 1 nitrogen and oxygen atoms in total. The van der Waals surface area contributed by atoms with Gasteiger partial charge in [0.1, 0.15) is 0 Å². The lowest BCUT2D eigenvalue weighted by Crippen LogP contribution is -2.41. The number of hydrogen-bond acceptors (Lipinski definition) is 1. The topological polar surface area (TPSA) is 3.24 Å². The second-order valence-electron chi connectivity index (χ2n) is 7.88. The van der Waals surface area contributed by atoms with Crippen molar-refractivity contribution < 1.29 is 0 Å². The van der Waals surface area contributed by atoms with Crippen molar-refractivity contribution >= 4 is 26.2 Å². The maximum absolute atomic E-state index is 2.57. The van der Waals surface area contributed by atoms with Gasteiger partial charge >= 0.3 is 0 Å². The van der Waals surface area contributed by atoms with E-state index in [0.717, 1.165) is 0 Å². The van der Waals surface area contributed by atoms with Gasteiger partial charge in [0.2, 0.25) is 0 Å². The molecular weight excluding hydrogens is 265 g/mol. The molecule has 0 radical (unpaired) electrons. The molecule has 1 aromatic rings. The zero-order valence-corrected chi connectivity index (χ0v) is 15.6. The van der Waals surface area contributed by atoms with E-state index in [1.54, 1.807) is 5.30 Å². The van der Waals surface area contributed by atoms with Crippen LogP contribution in [0.25, 0.3) is 0 Å². The Bertz CT molecular complexity index is 485. The van der Waals surface area contributed by atoms with E-state index in [-0.39, 0.29) is 7.47 Å². The van der Waals surface area contributed by atoms with E-state index >= 15 is 0 Å². The summed E-state index contributed by atoms with van der Waals surface area (Å²) in [5.41, 5.74) is 3.24. The van der Waals surface area contributed by atoms with Crippen molar-refractivity contribution in [3.63, 3.8) is 0 Å². The van der Waals surface area contributed by atoms with Gasteiger partial charge in [-0.15, -0.1) is 0 Å². The van der Waals surface area contributed by atoms with Crippen LogP contribution in [0.15, 0.2) is 18.2 Å². The summed E-state index contributed by atoms with van der Waals surface area (Å²) in [5.74, 6) is 0.686. The lowest BCUT2D eigenvalue weighted by molar-refractivity contribution is 0.390. The maximum atomic E-state index is 2.57. The number of nitrogens with zero attached hydrogens (tertiary/aromatic N) is 1. The van der Waals surface area contributed by atoms with E-state index in [1.165, 1.54) is 11.3 Å². The Morgan fingerprint density at radius 3 is 2.21 bits per heavy atom. The van der Waals surface area contributed by atoms with Gasteiger partial charge in [-0.1, -0.05) is 59.5 Å². The van der Waals surface area contributed by atoms with Gasteiger partial charge in [0.05, 0.1) is 13.5 Å². The SMILES string of the molecule is Cc1ccc2c(c1)P([Si](C)(C)C)[C@H](C(C)(C)C)N2C. The summed E-state index contributed by atoms with van der Waals surface area (Å²) < 4.78 is 0. The molecular formula is C16H28NPSi. The molecule has 1 aliphatic rings. The summed E-state index contributed by atoms with van der Waals surface area (Å²) in [5, 5.41) is 1.66. The fraction of sp³-hybridized carbons (Fsp3) is 0.625. The Labute approximate surface area is 121 Å². The molecule has 1 aromatic carbocycles. The van der Waals surface area contributed by atoms with Crippen LogP contribution in [-0.2, 0) is 0 Å². The first kappa shape index (κ1) is 15.1. The standard InChI is InChI=1S/C16H28NPSi/c1-12-9-10-13-14(11-12)18(19(6,7)8)15(17(13)5)16(2,3)4/h9-11,15H,1-8H3/t15-,18?/m1/s1. The zero-order valence-electron chi connectivity index (χ0n) is 13.7. The van der Waals surface area contributed by atoms with Gasteiger partial charge in [-0.05, 0) is 29.8 Å². The van der Waals surface area contributed by atoms with Crippen LogP contribution in [0.5, 0.6) is 0 Å². The number of fused-ring (bicyclic) bond motifs is 1. The molecule has 0 amide bonds. The van der Waals surface area contributed by atoms with Crippen molar-refractivity contribution in [2.75, 3.05) is 11.9 Å². The van der Waals surface area contributed by atoms with Crippen LogP contribution in [-0.4, -0.2) is 20.6 Å². The monoisotopic (exact) mass is 293 g/mol. The van der Waals surface area contributed by atoms with Crippen molar-refractivity contribution in [1.29, 1.82) is 0 Å². The minimum Gasteiger partial charge on any atom is -0.367 e. The molecule has 0 saturated carbocycles. The van der Waals surface area contributed by atoms with Gasteiger partial charge in [-0.2, -0.15) is 0 Å². The average Bonchev–Trinajstić information content (AvgIpc) is 2.50. The van der Waals surface area contributed by atoms with Gasteiger partial charge in [0.25, 0.3) is 0 Å². The number of anilines is 1. The highest BCUT2D eigenvalue weighted by atomic mass is 31.4. The van der Waals surface area contributed by atoms with Crippen molar-refractivity contribution in [3.8, 4) is 0 Å². The van der Waals surface area contributed by atoms with Crippen LogP contribution >= 0.6 is 7.47 Å².